The Kier molecular flexibility index (Phi) is 7.76. The number of hydrogen-bond donors (Lipinski definition) is 0. The highest BCUT2D eigenvalue weighted by Gasteiger charge is 2.40. The van der Waals surface area contributed by atoms with Gasteiger partial charge in [-0.15, -0.1) is 0 Å². The van der Waals surface area contributed by atoms with Gasteiger partial charge >= 0.3 is 0 Å². The molecule has 10 rings (SSSR count). The zero-order valence-corrected chi connectivity index (χ0v) is 30.6. The van der Waals surface area contributed by atoms with Crippen LogP contribution in [0.15, 0.2) is 200 Å². The zero-order valence-electron chi connectivity index (χ0n) is 29.7. The third-order valence-corrected chi connectivity index (χ3v) is 14.4. The van der Waals surface area contributed by atoms with Crippen molar-refractivity contribution in [3.63, 3.8) is 0 Å². The molecule has 262 valence electrons. The van der Waals surface area contributed by atoms with Crippen LogP contribution in [-0.2, 0) is 9.98 Å². The van der Waals surface area contributed by atoms with Crippen molar-refractivity contribution in [1.29, 1.82) is 0 Å². The Hall–Kier alpha value is -6.41. The molecule has 0 saturated carbocycles. The molecular weight excluding hydrogens is 698 g/mol. The first kappa shape index (κ1) is 33.2. The van der Waals surface area contributed by atoms with Crippen LogP contribution < -0.4 is 15.9 Å². The molecule has 0 heterocycles. The van der Waals surface area contributed by atoms with Crippen LogP contribution in [0.25, 0.3) is 43.1 Å². The highest BCUT2D eigenvalue weighted by atomic mass is 31.2. The molecule has 10 aromatic carbocycles. The lowest BCUT2D eigenvalue weighted by molar-refractivity contribution is 0.592. The van der Waals surface area contributed by atoms with Gasteiger partial charge in [0, 0.05) is 15.9 Å². The van der Waals surface area contributed by atoms with E-state index in [1.54, 1.807) is 0 Å². The van der Waals surface area contributed by atoms with E-state index < -0.39 is 12.6 Å². The molecule has 0 saturated heterocycles. The van der Waals surface area contributed by atoms with Gasteiger partial charge in [-0.2, -0.15) is 0 Å². The SMILES string of the molecule is O=P(c1ccccc1)(c1ccccc1)c1ccc(C(c2ccc(F)cc2)(c2ccc(F)cc2)c2cc3cccc4c5cccc6cccc(c(c2)c34)c65)cc1. The fourth-order valence-electron chi connectivity index (χ4n) is 8.92. The largest absolute Gasteiger partial charge is 0.309 e. The number of benzene rings is 10. The molecule has 55 heavy (non-hydrogen) atoms. The Morgan fingerprint density at radius 2 is 0.745 bits per heavy atom. The summed E-state index contributed by atoms with van der Waals surface area (Å²) >= 11 is 0. The molecule has 0 bridgehead atoms. The summed E-state index contributed by atoms with van der Waals surface area (Å²) in [7, 11) is -3.28. The molecule has 0 atom stereocenters. The van der Waals surface area contributed by atoms with Gasteiger partial charge < -0.3 is 4.57 Å². The molecule has 0 radical (unpaired) electrons. The molecule has 1 nitrogen and oxygen atoms in total. The minimum atomic E-state index is -3.28. The summed E-state index contributed by atoms with van der Waals surface area (Å²) in [5, 5.41) is 11.4. The molecule has 10 aromatic rings. The average Bonchev–Trinajstić information content (AvgIpc) is 3.24. The van der Waals surface area contributed by atoms with Gasteiger partial charge in [0.25, 0.3) is 0 Å². The maximum absolute atomic E-state index is 15.4. The minimum absolute atomic E-state index is 0.347. The summed E-state index contributed by atoms with van der Waals surface area (Å²) in [6.45, 7) is 0. The lowest BCUT2D eigenvalue weighted by atomic mass is 9.64. The summed E-state index contributed by atoms with van der Waals surface area (Å²) in [6, 6.07) is 64.4. The zero-order chi connectivity index (χ0) is 37.1. The van der Waals surface area contributed by atoms with Crippen LogP contribution in [0.5, 0.6) is 0 Å². The number of halogens is 2. The Labute approximate surface area is 317 Å². The highest BCUT2D eigenvalue weighted by molar-refractivity contribution is 7.85. The Balaban J connectivity index is 1.31. The van der Waals surface area contributed by atoms with Gasteiger partial charge in [-0.1, -0.05) is 164 Å². The molecule has 0 amide bonds. The minimum Gasteiger partial charge on any atom is -0.309 e. The second kappa shape index (κ2) is 12.9. The van der Waals surface area contributed by atoms with Crippen LogP contribution in [-0.4, -0.2) is 0 Å². The predicted molar refractivity (Wildman–Crippen MR) is 225 cm³/mol. The molecule has 0 unspecified atom stereocenters. The Bertz CT molecular complexity index is 2960. The standard InChI is InChI=1S/C51H33F2OP/c52-40-26-20-36(21-27-40)51(37-22-28-41(53)29-23-37,38-24-30-44(31-25-38)55(54,42-13-3-1-4-14-42)43-15-5-2-6-16-43)39-32-35-12-9-18-46-45-17-7-10-34-11-8-19-47(49(34)45)48(33-39)50(35)46/h1-33H. The molecule has 0 fully saturated rings. The number of rotatable bonds is 7. The van der Waals surface area contributed by atoms with Gasteiger partial charge in [0.2, 0.25) is 0 Å². The van der Waals surface area contributed by atoms with Crippen LogP contribution in [0.3, 0.4) is 0 Å². The molecule has 0 aliphatic rings. The molecule has 0 aliphatic carbocycles. The first-order valence-electron chi connectivity index (χ1n) is 18.4. The van der Waals surface area contributed by atoms with Gasteiger partial charge in [-0.05, 0) is 102 Å². The van der Waals surface area contributed by atoms with Crippen LogP contribution in [0.1, 0.15) is 22.3 Å². The van der Waals surface area contributed by atoms with Crippen LogP contribution in [0.4, 0.5) is 8.78 Å². The summed E-state index contributed by atoms with van der Waals surface area (Å²) in [4.78, 5) is 0. The van der Waals surface area contributed by atoms with Crippen LogP contribution >= 0.6 is 7.14 Å². The highest BCUT2D eigenvalue weighted by Crippen LogP contribution is 2.50. The molecule has 0 aromatic heterocycles. The Morgan fingerprint density at radius 1 is 0.345 bits per heavy atom. The van der Waals surface area contributed by atoms with Crippen LogP contribution in [0, 0.1) is 11.6 Å². The van der Waals surface area contributed by atoms with Gasteiger partial charge in [-0.3, -0.25) is 0 Å². The second-order valence-corrected chi connectivity index (χ2v) is 17.0. The quantitative estimate of drug-likeness (QED) is 0.0691. The summed E-state index contributed by atoms with van der Waals surface area (Å²) in [5.41, 5.74) is 2.43. The van der Waals surface area contributed by atoms with E-state index >= 15 is 4.57 Å². The van der Waals surface area contributed by atoms with Gasteiger partial charge in [0.15, 0.2) is 7.14 Å². The summed E-state index contributed by atoms with van der Waals surface area (Å²) in [5.74, 6) is -0.694. The topological polar surface area (TPSA) is 17.1 Å². The van der Waals surface area contributed by atoms with Crippen molar-refractivity contribution in [2.75, 3.05) is 0 Å². The fraction of sp³-hybridized carbons (Fsp3) is 0.0196. The van der Waals surface area contributed by atoms with Crippen molar-refractivity contribution in [3.05, 3.63) is 234 Å². The van der Waals surface area contributed by atoms with Crippen molar-refractivity contribution >= 4 is 66.1 Å². The fourth-order valence-corrected chi connectivity index (χ4v) is 11.6. The predicted octanol–water partition coefficient (Wildman–Crippen LogP) is 12.0. The molecule has 0 N–H and O–H groups in total. The molecule has 4 heteroatoms. The van der Waals surface area contributed by atoms with E-state index in [-0.39, 0.29) is 11.6 Å². The number of fused-ring (bicyclic) bond motifs is 2. The third kappa shape index (κ3) is 5.08. The van der Waals surface area contributed by atoms with Gasteiger partial charge in [0.05, 0.1) is 5.41 Å². The molecular formula is C51H33F2OP. The monoisotopic (exact) mass is 730 g/mol. The molecule has 0 spiro atoms. The van der Waals surface area contributed by atoms with Crippen molar-refractivity contribution in [2.45, 2.75) is 5.41 Å². The van der Waals surface area contributed by atoms with Crippen molar-refractivity contribution in [2.24, 2.45) is 0 Å². The second-order valence-electron chi connectivity index (χ2n) is 14.2. The maximum Gasteiger partial charge on any atom is 0.171 e. The van der Waals surface area contributed by atoms with Crippen molar-refractivity contribution < 1.29 is 13.3 Å². The van der Waals surface area contributed by atoms with E-state index in [0.29, 0.717) is 5.30 Å². The third-order valence-electron chi connectivity index (χ3n) is 11.4. The Morgan fingerprint density at radius 3 is 1.24 bits per heavy atom. The first-order chi connectivity index (χ1) is 27.0. The molecule has 0 aliphatic heterocycles. The lowest BCUT2D eigenvalue weighted by Gasteiger charge is -2.37. The van der Waals surface area contributed by atoms with E-state index in [2.05, 4.69) is 66.7 Å². The normalized spacial score (nSPS) is 12.3. The summed E-state index contributed by atoms with van der Waals surface area (Å²) < 4.78 is 45.1. The van der Waals surface area contributed by atoms with Crippen molar-refractivity contribution in [1.82, 2.24) is 0 Å². The lowest BCUT2D eigenvalue weighted by Crippen LogP contribution is -2.32. The van der Waals surface area contributed by atoms with E-state index in [9.17, 15) is 8.78 Å². The maximum atomic E-state index is 15.4. The number of hydrogen-bond acceptors (Lipinski definition) is 1. The van der Waals surface area contributed by atoms with E-state index in [1.165, 1.54) is 51.2 Å². The first-order valence-corrected chi connectivity index (χ1v) is 20.1. The van der Waals surface area contributed by atoms with Crippen LogP contribution in [0.2, 0.25) is 0 Å². The van der Waals surface area contributed by atoms with Gasteiger partial charge in [0.1, 0.15) is 11.6 Å². The van der Waals surface area contributed by atoms with E-state index in [1.807, 2.05) is 109 Å². The smallest absolute Gasteiger partial charge is 0.171 e. The van der Waals surface area contributed by atoms with E-state index in [4.69, 9.17) is 0 Å². The van der Waals surface area contributed by atoms with Gasteiger partial charge in [-0.25, -0.2) is 8.78 Å². The van der Waals surface area contributed by atoms with Crippen molar-refractivity contribution in [3.8, 4) is 0 Å². The average molecular weight is 731 g/mol. The van der Waals surface area contributed by atoms with E-state index in [0.717, 1.165) is 49.0 Å². The summed E-state index contributed by atoms with van der Waals surface area (Å²) in [6.07, 6.45) is 0.